The van der Waals surface area contributed by atoms with E-state index in [1.165, 1.54) is 5.56 Å². The van der Waals surface area contributed by atoms with Crippen LogP contribution in [0, 0.1) is 5.92 Å². The Morgan fingerprint density at radius 3 is 2.22 bits per heavy atom. The largest absolute Gasteiger partial charge is 0.462 e. The van der Waals surface area contributed by atoms with Crippen LogP contribution < -0.4 is 5.73 Å². The van der Waals surface area contributed by atoms with Gasteiger partial charge in [0, 0.05) is 17.9 Å². The van der Waals surface area contributed by atoms with Gasteiger partial charge in [-0.25, -0.2) is 0 Å². The minimum absolute atomic E-state index is 0.171. The van der Waals surface area contributed by atoms with Gasteiger partial charge in [-0.1, -0.05) is 30.2 Å². The number of carbonyl (C=O) groups is 1. The van der Waals surface area contributed by atoms with Crippen LogP contribution in [0.2, 0.25) is 10.8 Å². The lowest BCUT2D eigenvalue weighted by Gasteiger charge is -2.32. The fourth-order valence-electron chi connectivity index (χ4n) is 3.38. The van der Waals surface area contributed by atoms with Gasteiger partial charge in [-0.2, -0.15) is 0 Å². The molecule has 1 unspecified atom stereocenters. The number of halogens is 1. The van der Waals surface area contributed by atoms with Crippen LogP contribution in [0.5, 0.6) is 0 Å². The number of carbonyl (C=O) groups excluding carboxylic acids is 1. The molecule has 27 heavy (non-hydrogen) atoms. The molecule has 7 heteroatoms. The van der Waals surface area contributed by atoms with Crippen molar-refractivity contribution in [1.29, 1.82) is 0 Å². The summed E-state index contributed by atoms with van der Waals surface area (Å²) in [6.07, 6.45) is 2.51. The SMILES string of the molecule is COCC(C(N)=O)[C@@H](CCCc1ccc(Cl)cc1)B1OC(C)(C)C(C)(C)O1. The lowest BCUT2D eigenvalue weighted by atomic mass is 9.62. The molecule has 1 saturated heterocycles. The number of methoxy groups -OCH3 is 1. The zero-order chi connectivity index (χ0) is 20.2. The highest BCUT2D eigenvalue weighted by molar-refractivity contribution is 6.48. The first-order valence-corrected chi connectivity index (χ1v) is 9.83. The average Bonchev–Trinajstić information content (AvgIpc) is 2.79. The second-order valence-corrected chi connectivity index (χ2v) is 8.71. The number of hydrogen-bond acceptors (Lipinski definition) is 4. The van der Waals surface area contributed by atoms with E-state index in [9.17, 15) is 4.79 Å². The number of hydrogen-bond donors (Lipinski definition) is 1. The molecule has 0 radical (unpaired) electrons. The van der Waals surface area contributed by atoms with Gasteiger partial charge in [0.15, 0.2) is 0 Å². The topological polar surface area (TPSA) is 70.8 Å². The van der Waals surface area contributed by atoms with E-state index in [1.807, 2.05) is 52.0 Å². The van der Waals surface area contributed by atoms with E-state index in [0.717, 1.165) is 24.3 Å². The second kappa shape index (κ2) is 8.95. The Bertz CT molecular complexity index is 619. The van der Waals surface area contributed by atoms with E-state index in [1.54, 1.807) is 7.11 Å². The van der Waals surface area contributed by atoms with Gasteiger partial charge in [-0.15, -0.1) is 0 Å². The molecule has 150 valence electrons. The quantitative estimate of drug-likeness (QED) is 0.644. The summed E-state index contributed by atoms with van der Waals surface area (Å²) < 4.78 is 17.7. The molecule has 2 rings (SSSR count). The third-order valence-corrected chi connectivity index (χ3v) is 6.02. The smallest absolute Gasteiger partial charge is 0.403 e. The van der Waals surface area contributed by atoms with Crippen molar-refractivity contribution in [1.82, 2.24) is 0 Å². The molecule has 1 aliphatic heterocycles. The Labute approximate surface area is 168 Å². The highest BCUT2D eigenvalue weighted by Crippen LogP contribution is 2.43. The average molecular weight is 396 g/mol. The molecule has 1 fully saturated rings. The van der Waals surface area contributed by atoms with Crippen molar-refractivity contribution in [3.63, 3.8) is 0 Å². The molecule has 0 aromatic heterocycles. The Balaban J connectivity index is 2.12. The fourth-order valence-corrected chi connectivity index (χ4v) is 3.51. The van der Waals surface area contributed by atoms with Crippen molar-refractivity contribution in [3.05, 3.63) is 34.9 Å². The van der Waals surface area contributed by atoms with Crippen LogP contribution in [0.1, 0.15) is 46.1 Å². The Morgan fingerprint density at radius 2 is 1.74 bits per heavy atom. The molecular formula is C20H31BClNO4. The van der Waals surface area contributed by atoms with E-state index >= 15 is 0 Å². The molecule has 1 aromatic carbocycles. The Kier molecular flexibility index (Phi) is 7.36. The van der Waals surface area contributed by atoms with Crippen molar-refractivity contribution in [2.75, 3.05) is 13.7 Å². The first-order chi connectivity index (χ1) is 12.6. The van der Waals surface area contributed by atoms with Crippen LogP contribution in [0.25, 0.3) is 0 Å². The zero-order valence-corrected chi connectivity index (χ0v) is 17.7. The Hall–Kier alpha value is -1.08. The summed E-state index contributed by atoms with van der Waals surface area (Å²) in [4.78, 5) is 12.1. The predicted octanol–water partition coefficient (Wildman–Crippen LogP) is 3.87. The standard InChI is InChI=1S/C20H31BClNO4/c1-19(2)20(3,4)27-21(26-19)17(16(13-25-5)18(23)24)8-6-7-14-9-11-15(22)12-10-14/h9-12,16-17H,6-8,13H2,1-5H3,(H2,23,24)/t16?,17-/m1/s1. The summed E-state index contributed by atoms with van der Waals surface area (Å²) in [6.45, 7) is 8.28. The van der Waals surface area contributed by atoms with Gasteiger partial charge in [0.1, 0.15) is 0 Å². The van der Waals surface area contributed by atoms with Crippen LogP contribution in [0.4, 0.5) is 0 Å². The van der Waals surface area contributed by atoms with E-state index in [0.29, 0.717) is 0 Å². The second-order valence-electron chi connectivity index (χ2n) is 8.27. The molecule has 1 heterocycles. The minimum Gasteiger partial charge on any atom is -0.403 e. The van der Waals surface area contributed by atoms with Crippen molar-refractivity contribution < 1.29 is 18.8 Å². The highest BCUT2D eigenvalue weighted by Gasteiger charge is 2.55. The van der Waals surface area contributed by atoms with Crippen molar-refractivity contribution in [2.24, 2.45) is 11.7 Å². The van der Waals surface area contributed by atoms with Crippen LogP contribution in [-0.2, 0) is 25.3 Å². The molecule has 0 aliphatic carbocycles. The number of nitrogens with two attached hydrogens (primary N) is 1. The summed E-state index contributed by atoms with van der Waals surface area (Å²) >= 11 is 5.95. The number of ether oxygens (including phenoxy) is 1. The number of amides is 1. The molecule has 0 spiro atoms. The van der Waals surface area contributed by atoms with Crippen molar-refractivity contribution >= 4 is 24.6 Å². The number of benzene rings is 1. The van der Waals surface area contributed by atoms with Gasteiger partial charge in [-0.05, 0) is 58.2 Å². The van der Waals surface area contributed by atoms with Crippen LogP contribution in [0.3, 0.4) is 0 Å². The van der Waals surface area contributed by atoms with Gasteiger partial charge in [0.2, 0.25) is 5.91 Å². The maximum Gasteiger partial charge on any atom is 0.462 e. The molecule has 2 N–H and O–H groups in total. The summed E-state index contributed by atoms with van der Waals surface area (Å²) in [7, 11) is 1.08. The maximum absolute atomic E-state index is 12.1. The first-order valence-electron chi connectivity index (χ1n) is 9.46. The third kappa shape index (κ3) is 5.47. The number of aryl methyl sites for hydroxylation is 1. The molecule has 1 amide bonds. The van der Waals surface area contributed by atoms with Gasteiger partial charge in [-0.3, -0.25) is 4.79 Å². The predicted molar refractivity (Wildman–Crippen MR) is 109 cm³/mol. The lowest BCUT2D eigenvalue weighted by Crippen LogP contribution is -2.41. The van der Waals surface area contributed by atoms with Crippen LogP contribution >= 0.6 is 11.6 Å². The normalized spacial score (nSPS) is 20.4. The summed E-state index contributed by atoms with van der Waals surface area (Å²) in [6, 6.07) is 7.82. The molecule has 0 bridgehead atoms. The molecule has 5 nitrogen and oxygen atoms in total. The van der Waals surface area contributed by atoms with E-state index in [4.69, 9.17) is 31.4 Å². The molecular weight excluding hydrogens is 364 g/mol. The van der Waals surface area contributed by atoms with Crippen molar-refractivity contribution in [2.45, 2.75) is 64.0 Å². The van der Waals surface area contributed by atoms with Gasteiger partial charge < -0.3 is 19.8 Å². The van der Waals surface area contributed by atoms with Gasteiger partial charge in [0.25, 0.3) is 0 Å². The summed E-state index contributed by atoms with van der Waals surface area (Å²) in [5.41, 5.74) is 5.97. The first kappa shape index (κ1) is 22.2. The monoisotopic (exact) mass is 395 g/mol. The van der Waals surface area contributed by atoms with E-state index in [2.05, 4.69) is 0 Å². The number of primary amides is 1. The van der Waals surface area contributed by atoms with Gasteiger partial charge in [0.05, 0.1) is 23.7 Å². The number of rotatable bonds is 9. The van der Waals surface area contributed by atoms with E-state index in [-0.39, 0.29) is 18.3 Å². The fraction of sp³-hybridized carbons (Fsp3) is 0.650. The highest BCUT2D eigenvalue weighted by atomic mass is 35.5. The summed E-state index contributed by atoms with van der Waals surface area (Å²) in [5.74, 6) is -1.02. The summed E-state index contributed by atoms with van der Waals surface area (Å²) in [5, 5.41) is 0.725. The minimum atomic E-state index is -0.493. The molecule has 0 saturated carbocycles. The van der Waals surface area contributed by atoms with Crippen LogP contribution in [0.15, 0.2) is 24.3 Å². The Morgan fingerprint density at radius 1 is 1.19 bits per heavy atom. The zero-order valence-electron chi connectivity index (χ0n) is 17.0. The molecule has 1 aliphatic rings. The molecule has 1 aromatic rings. The molecule has 2 atom stereocenters. The van der Waals surface area contributed by atoms with Crippen LogP contribution in [-0.4, -0.2) is 37.9 Å². The third-order valence-electron chi connectivity index (χ3n) is 5.77. The lowest BCUT2D eigenvalue weighted by molar-refractivity contribution is -0.123. The van der Waals surface area contributed by atoms with Crippen molar-refractivity contribution in [3.8, 4) is 0 Å². The van der Waals surface area contributed by atoms with Gasteiger partial charge >= 0.3 is 7.12 Å². The van der Waals surface area contributed by atoms with E-state index < -0.39 is 24.2 Å². The maximum atomic E-state index is 12.1.